The zero-order valence-corrected chi connectivity index (χ0v) is 15.2. The lowest BCUT2D eigenvalue weighted by Crippen LogP contribution is -2.19. The second-order valence-electron chi connectivity index (χ2n) is 5.51. The van der Waals surface area contributed by atoms with Crippen molar-refractivity contribution in [3.63, 3.8) is 0 Å². The first-order chi connectivity index (χ1) is 11.0. The van der Waals surface area contributed by atoms with Crippen molar-refractivity contribution in [3.05, 3.63) is 35.4 Å². The molecule has 2 unspecified atom stereocenters. The molecule has 0 aliphatic carbocycles. The van der Waals surface area contributed by atoms with E-state index in [9.17, 15) is 9.59 Å². The Morgan fingerprint density at radius 2 is 1.78 bits per heavy atom. The third-order valence-corrected chi connectivity index (χ3v) is 4.17. The summed E-state index contributed by atoms with van der Waals surface area (Å²) in [6, 6.07) is 7.53. The van der Waals surface area contributed by atoms with Crippen molar-refractivity contribution in [2.45, 2.75) is 58.3 Å². The average Bonchev–Trinajstić information content (AvgIpc) is 2.47. The van der Waals surface area contributed by atoms with Crippen LogP contribution >= 0.6 is 11.8 Å². The third kappa shape index (κ3) is 7.55. The van der Waals surface area contributed by atoms with Gasteiger partial charge in [0.2, 0.25) is 0 Å². The van der Waals surface area contributed by atoms with E-state index in [1.165, 1.54) is 5.56 Å². The van der Waals surface area contributed by atoms with E-state index in [1.54, 1.807) is 19.1 Å². The fourth-order valence-corrected chi connectivity index (χ4v) is 3.11. The molecule has 5 heteroatoms. The summed E-state index contributed by atoms with van der Waals surface area (Å²) in [5.41, 5.74) is 1.78. The van der Waals surface area contributed by atoms with Crippen LogP contribution in [0.4, 0.5) is 4.79 Å². The molecular weight excluding hydrogens is 312 g/mol. The number of aryl methyl sites for hydroxylation is 1. The molecule has 0 fully saturated rings. The van der Waals surface area contributed by atoms with Gasteiger partial charge in [0.1, 0.15) is 6.10 Å². The highest BCUT2D eigenvalue weighted by Crippen LogP contribution is 2.20. The quantitative estimate of drug-likeness (QED) is 0.634. The molecule has 0 N–H and O–H groups in total. The summed E-state index contributed by atoms with van der Waals surface area (Å²) in [6.07, 6.45) is 2.43. The lowest BCUT2D eigenvalue weighted by atomic mass is 10.1. The van der Waals surface area contributed by atoms with Crippen LogP contribution < -0.4 is 0 Å². The van der Waals surface area contributed by atoms with Gasteiger partial charge >= 0.3 is 11.3 Å². The van der Waals surface area contributed by atoms with Crippen molar-refractivity contribution in [2.75, 3.05) is 6.61 Å². The number of ether oxygens (including phenoxy) is 2. The van der Waals surface area contributed by atoms with Crippen LogP contribution in [0.5, 0.6) is 0 Å². The fourth-order valence-electron chi connectivity index (χ4n) is 2.23. The molecule has 128 valence electrons. The van der Waals surface area contributed by atoms with Gasteiger partial charge in [-0.15, -0.1) is 0 Å². The van der Waals surface area contributed by atoms with Gasteiger partial charge in [-0.3, -0.25) is 0 Å². The van der Waals surface area contributed by atoms with Crippen molar-refractivity contribution < 1.29 is 19.1 Å². The summed E-state index contributed by atoms with van der Waals surface area (Å²) in [5, 5.41) is -0.256. The first-order valence-electron chi connectivity index (χ1n) is 8.09. The number of esters is 1. The summed E-state index contributed by atoms with van der Waals surface area (Å²) >= 11 is 1.13. The molecule has 0 aliphatic rings. The lowest BCUT2D eigenvalue weighted by molar-refractivity contribution is 0.0326. The Labute approximate surface area is 142 Å². The summed E-state index contributed by atoms with van der Waals surface area (Å²) in [4.78, 5) is 23.5. The van der Waals surface area contributed by atoms with E-state index in [1.807, 2.05) is 26.0 Å². The third-order valence-electron chi connectivity index (χ3n) is 3.26. The standard InChI is InChI=1S/C18H26O4S/c1-5-7-15-8-10-16(11-9-15)17(19)22-13(3)12-14(4)23-18(20)21-6-2/h8-11,13-14H,5-7,12H2,1-4H3. The van der Waals surface area contributed by atoms with E-state index in [-0.39, 0.29) is 22.6 Å². The van der Waals surface area contributed by atoms with E-state index >= 15 is 0 Å². The summed E-state index contributed by atoms with van der Waals surface area (Å²) in [7, 11) is 0. The molecule has 0 heterocycles. The maximum Gasteiger partial charge on any atom is 0.367 e. The summed E-state index contributed by atoms with van der Waals surface area (Å²) in [6.45, 7) is 8.03. The highest BCUT2D eigenvalue weighted by molar-refractivity contribution is 8.13. The number of carbonyl (C=O) groups excluding carboxylic acids is 2. The van der Waals surface area contributed by atoms with Gasteiger partial charge in [-0.2, -0.15) is 0 Å². The molecule has 0 saturated heterocycles. The van der Waals surface area contributed by atoms with Crippen LogP contribution in [0.15, 0.2) is 24.3 Å². The molecular formula is C18H26O4S. The molecule has 0 radical (unpaired) electrons. The molecule has 0 bridgehead atoms. The van der Waals surface area contributed by atoms with Gasteiger partial charge in [0.15, 0.2) is 0 Å². The number of thioether (sulfide) groups is 1. The monoisotopic (exact) mass is 338 g/mol. The zero-order chi connectivity index (χ0) is 17.2. The van der Waals surface area contributed by atoms with Crippen LogP contribution in [0.1, 0.15) is 56.5 Å². The number of carbonyl (C=O) groups is 2. The van der Waals surface area contributed by atoms with E-state index in [2.05, 4.69) is 6.92 Å². The Balaban J connectivity index is 2.44. The van der Waals surface area contributed by atoms with Crippen LogP contribution in [0, 0.1) is 0 Å². The smallest absolute Gasteiger partial charge is 0.367 e. The van der Waals surface area contributed by atoms with Crippen molar-refractivity contribution in [1.82, 2.24) is 0 Å². The van der Waals surface area contributed by atoms with Crippen LogP contribution in [0.3, 0.4) is 0 Å². The highest BCUT2D eigenvalue weighted by Gasteiger charge is 2.18. The molecule has 1 rings (SSSR count). The predicted molar refractivity (Wildman–Crippen MR) is 94.0 cm³/mol. The lowest BCUT2D eigenvalue weighted by Gasteiger charge is -2.17. The minimum atomic E-state index is -0.325. The van der Waals surface area contributed by atoms with Crippen LogP contribution in [-0.4, -0.2) is 29.2 Å². The molecule has 0 amide bonds. The molecule has 23 heavy (non-hydrogen) atoms. The molecule has 0 saturated carbocycles. The predicted octanol–water partition coefficient (Wildman–Crippen LogP) is 4.85. The molecule has 0 aromatic heterocycles. The summed E-state index contributed by atoms with van der Waals surface area (Å²) < 4.78 is 10.3. The van der Waals surface area contributed by atoms with Crippen molar-refractivity contribution >= 4 is 23.0 Å². The SMILES string of the molecule is CCCc1ccc(C(=O)OC(C)CC(C)SC(=O)OCC)cc1. The van der Waals surface area contributed by atoms with Crippen molar-refractivity contribution in [3.8, 4) is 0 Å². The first kappa shape index (κ1) is 19.6. The Bertz CT molecular complexity index is 498. The maximum atomic E-state index is 12.1. The molecule has 2 atom stereocenters. The van der Waals surface area contributed by atoms with Gasteiger partial charge in [0, 0.05) is 5.25 Å². The number of hydrogen-bond donors (Lipinski definition) is 0. The Morgan fingerprint density at radius 1 is 1.13 bits per heavy atom. The zero-order valence-electron chi connectivity index (χ0n) is 14.3. The van der Waals surface area contributed by atoms with Crippen molar-refractivity contribution in [2.24, 2.45) is 0 Å². The highest BCUT2D eigenvalue weighted by atomic mass is 32.2. The number of benzene rings is 1. The molecule has 1 aromatic rings. The van der Waals surface area contributed by atoms with Crippen LogP contribution in [-0.2, 0) is 15.9 Å². The van der Waals surface area contributed by atoms with E-state index in [0.29, 0.717) is 18.6 Å². The van der Waals surface area contributed by atoms with Gasteiger partial charge in [0.05, 0.1) is 12.2 Å². The Morgan fingerprint density at radius 3 is 2.35 bits per heavy atom. The average molecular weight is 338 g/mol. The van der Waals surface area contributed by atoms with Gasteiger partial charge in [-0.25, -0.2) is 9.59 Å². The van der Waals surface area contributed by atoms with Gasteiger partial charge in [0.25, 0.3) is 0 Å². The van der Waals surface area contributed by atoms with E-state index < -0.39 is 0 Å². The molecule has 0 spiro atoms. The second-order valence-corrected chi connectivity index (χ2v) is 6.88. The summed E-state index contributed by atoms with van der Waals surface area (Å²) in [5.74, 6) is -0.325. The molecule has 4 nitrogen and oxygen atoms in total. The molecule has 0 aliphatic heterocycles. The number of hydrogen-bond acceptors (Lipinski definition) is 5. The van der Waals surface area contributed by atoms with Crippen LogP contribution in [0.2, 0.25) is 0 Å². The second kappa shape index (κ2) is 10.3. The Kier molecular flexibility index (Phi) is 8.77. The Hall–Kier alpha value is -1.49. The topological polar surface area (TPSA) is 52.6 Å². The van der Waals surface area contributed by atoms with Gasteiger partial charge in [-0.05, 0) is 56.1 Å². The van der Waals surface area contributed by atoms with Crippen molar-refractivity contribution in [1.29, 1.82) is 0 Å². The normalized spacial score (nSPS) is 13.2. The van der Waals surface area contributed by atoms with Crippen LogP contribution in [0.25, 0.3) is 0 Å². The number of rotatable bonds is 8. The minimum absolute atomic E-state index is 0.0313. The van der Waals surface area contributed by atoms with Gasteiger partial charge < -0.3 is 9.47 Å². The van der Waals surface area contributed by atoms with Gasteiger partial charge in [-0.1, -0.05) is 32.4 Å². The maximum absolute atomic E-state index is 12.1. The van der Waals surface area contributed by atoms with E-state index in [0.717, 1.165) is 24.6 Å². The fraction of sp³-hybridized carbons (Fsp3) is 0.556. The first-order valence-corrected chi connectivity index (χ1v) is 8.97. The largest absolute Gasteiger partial charge is 0.459 e. The molecule has 1 aromatic carbocycles. The van der Waals surface area contributed by atoms with E-state index in [4.69, 9.17) is 9.47 Å². The minimum Gasteiger partial charge on any atom is -0.459 e.